The van der Waals surface area contributed by atoms with Gasteiger partial charge in [-0.3, -0.25) is 9.71 Å². The molecule has 0 unspecified atom stereocenters. The number of piperazine rings is 1. The molecule has 1 saturated heterocycles. The summed E-state index contributed by atoms with van der Waals surface area (Å²) in [5.74, 6) is -0.719. The first-order valence-corrected chi connectivity index (χ1v) is 10.6. The predicted molar refractivity (Wildman–Crippen MR) is 108 cm³/mol. The van der Waals surface area contributed by atoms with Gasteiger partial charge in [0.1, 0.15) is 16.5 Å². The summed E-state index contributed by atoms with van der Waals surface area (Å²) >= 11 is 0. The van der Waals surface area contributed by atoms with E-state index >= 15 is 0 Å². The Morgan fingerprint density at radius 3 is 2.17 bits per heavy atom. The van der Waals surface area contributed by atoms with Crippen LogP contribution in [0.1, 0.15) is 0 Å². The van der Waals surface area contributed by atoms with Crippen molar-refractivity contribution in [2.75, 3.05) is 40.7 Å². The molecule has 0 aliphatic carbocycles. The average molecular weight is 432 g/mol. The zero-order valence-corrected chi connectivity index (χ0v) is 16.6. The number of aromatic nitrogens is 3. The van der Waals surface area contributed by atoms with Crippen molar-refractivity contribution < 1.29 is 17.2 Å². The van der Waals surface area contributed by atoms with Gasteiger partial charge in [-0.15, -0.1) is 0 Å². The summed E-state index contributed by atoms with van der Waals surface area (Å²) in [6.45, 7) is 2.86. The summed E-state index contributed by atoms with van der Waals surface area (Å²) in [5.41, 5.74) is -0.0712. The molecule has 0 radical (unpaired) electrons. The average Bonchev–Trinajstić information content (AvgIpc) is 2.77. The van der Waals surface area contributed by atoms with Crippen LogP contribution in [0.3, 0.4) is 0 Å². The summed E-state index contributed by atoms with van der Waals surface area (Å²) in [6, 6.07) is 5.84. The molecule has 3 aromatic rings. The monoisotopic (exact) mass is 432 g/mol. The number of anilines is 3. The lowest BCUT2D eigenvalue weighted by molar-refractivity contribution is 0.509. The van der Waals surface area contributed by atoms with E-state index in [0.717, 1.165) is 37.1 Å². The molecule has 1 aromatic carbocycles. The highest BCUT2D eigenvalue weighted by Gasteiger charge is 2.21. The number of rotatable bonds is 5. The molecule has 8 nitrogen and oxygen atoms in total. The molecule has 30 heavy (non-hydrogen) atoms. The van der Waals surface area contributed by atoms with Gasteiger partial charge in [0.2, 0.25) is 0 Å². The van der Waals surface area contributed by atoms with Crippen LogP contribution >= 0.6 is 0 Å². The second-order valence-electron chi connectivity index (χ2n) is 6.62. The number of hydrogen-bond donors (Lipinski definition) is 1. The smallest absolute Gasteiger partial charge is 0.263 e. The van der Waals surface area contributed by atoms with E-state index < -0.39 is 21.7 Å². The van der Waals surface area contributed by atoms with Gasteiger partial charge in [0.05, 0.1) is 11.9 Å². The number of halogens is 2. The topological polar surface area (TPSA) is 91.3 Å². The highest BCUT2D eigenvalue weighted by atomic mass is 32.2. The van der Waals surface area contributed by atoms with E-state index in [1.165, 1.54) is 12.3 Å². The first-order chi connectivity index (χ1) is 14.4. The van der Waals surface area contributed by atoms with Gasteiger partial charge in [-0.1, -0.05) is 0 Å². The fourth-order valence-corrected chi connectivity index (χ4v) is 4.11. The van der Waals surface area contributed by atoms with Gasteiger partial charge < -0.3 is 9.80 Å². The Morgan fingerprint density at radius 1 is 0.833 bits per heavy atom. The Balaban J connectivity index is 1.42. The van der Waals surface area contributed by atoms with E-state index in [1.807, 2.05) is 4.90 Å². The van der Waals surface area contributed by atoms with Gasteiger partial charge in [-0.05, 0) is 24.3 Å². The van der Waals surface area contributed by atoms with Gasteiger partial charge in [-0.25, -0.2) is 27.2 Å². The summed E-state index contributed by atoms with van der Waals surface area (Å²) in [7, 11) is -3.98. The Hall–Kier alpha value is -3.34. The highest BCUT2D eigenvalue weighted by Crippen LogP contribution is 2.21. The van der Waals surface area contributed by atoms with Gasteiger partial charge >= 0.3 is 0 Å². The Bertz CT molecular complexity index is 1120. The molecule has 0 spiro atoms. The summed E-state index contributed by atoms with van der Waals surface area (Å²) < 4.78 is 53.5. The minimum atomic E-state index is -3.98. The molecule has 0 saturated carbocycles. The van der Waals surface area contributed by atoms with Crippen LogP contribution in [0.2, 0.25) is 0 Å². The predicted octanol–water partition coefficient (Wildman–Crippen LogP) is 2.28. The molecule has 0 atom stereocenters. The van der Waals surface area contributed by atoms with E-state index in [2.05, 4.69) is 24.6 Å². The van der Waals surface area contributed by atoms with Gasteiger partial charge in [0, 0.05) is 50.8 Å². The van der Waals surface area contributed by atoms with Crippen molar-refractivity contribution in [3.8, 4) is 0 Å². The standard InChI is InChI=1S/C19H18F2N6O2S/c20-16-3-1-14(11-17(16)21)25-30(28,29)15-2-4-18(24-12-15)26-7-9-27(10-8-26)19-13-22-5-6-23-19/h1-6,11-13,25H,7-10H2. The van der Waals surface area contributed by atoms with E-state index in [1.54, 1.807) is 24.7 Å². The van der Waals surface area contributed by atoms with Crippen molar-refractivity contribution in [1.29, 1.82) is 0 Å². The Labute approximate surface area is 172 Å². The SMILES string of the molecule is O=S(=O)(Nc1ccc(F)c(F)c1)c1ccc(N2CCN(c3cnccn3)CC2)nc1. The van der Waals surface area contributed by atoms with Crippen LogP contribution in [0.4, 0.5) is 26.1 Å². The summed E-state index contributed by atoms with van der Waals surface area (Å²) in [4.78, 5) is 16.7. The highest BCUT2D eigenvalue weighted by molar-refractivity contribution is 7.92. The van der Waals surface area contributed by atoms with Crippen LogP contribution in [-0.2, 0) is 10.0 Å². The number of pyridine rings is 1. The number of benzene rings is 1. The molecule has 156 valence electrons. The number of sulfonamides is 1. The summed E-state index contributed by atoms with van der Waals surface area (Å²) in [6.07, 6.45) is 6.23. The van der Waals surface area contributed by atoms with Crippen molar-refractivity contribution >= 4 is 27.3 Å². The van der Waals surface area contributed by atoms with Crippen LogP contribution in [0.25, 0.3) is 0 Å². The van der Waals surface area contributed by atoms with Crippen molar-refractivity contribution in [3.05, 3.63) is 66.8 Å². The third-order valence-electron chi connectivity index (χ3n) is 4.68. The fourth-order valence-electron chi connectivity index (χ4n) is 3.11. The second kappa shape index (κ2) is 8.19. The third-order valence-corrected chi connectivity index (χ3v) is 6.05. The first-order valence-electron chi connectivity index (χ1n) is 9.12. The molecule has 2 aromatic heterocycles. The van der Waals surface area contributed by atoms with Crippen LogP contribution in [0, 0.1) is 11.6 Å². The molecular weight excluding hydrogens is 414 g/mol. The molecular formula is C19H18F2N6O2S. The van der Waals surface area contributed by atoms with Crippen molar-refractivity contribution in [2.24, 2.45) is 0 Å². The van der Waals surface area contributed by atoms with Gasteiger partial charge in [0.25, 0.3) is 10.0 Å². The van der Waals surface area contributed by atoms with Gasteiger partial charge in [-0.2, -0.15) is 0 Å². The minimum Gasteiger partial charge on any atom is -0.353 e. The van der Waals surface area contributed by atoms with E-state index in [0.29, 0.717) is 18.9 Å². The van der Waals surface area contributed by atoms with Crippen LogP contribution in [0.15, 0.2) is 60.0 Å². The molecule has 1 aliphatic rings. The minimum absolute atomic E-state index is 0.0712. The Morgan fingerprint density at radius 2 is 1.57 bits per heavy atom. The molecule has 3 heterocycles. The lowest BCUT2D eigenvalue weighted by atomic mass is 10.3. The lowest BCUT2D eigenvalue weighted by Gasteiger charge is -2.35. The second-order valence-corrected chi connectivity index (χ2v) is 8.31. The van der Waals surface area contributed by atoms with E-state index in [4.69, 9.17) is 0 Å². The molecule has 0 amide bonds. The van der Waals surface area contributed by atoms with Crippen LogP contribution in [0.5, 0.6) is 0 Å². The molecule has 1 N–H and O–H groups in total. The number of nitrogens with zero attached hydrogens (tertiary/aromatic N) is 5. The van der Waals surface area contributed by atoms with E-state index in [9.17, 15) is 17.2 Å². The molecule has 11 heteroatoms. The molecule has 0 bridgehead atoms. The fraction of sp³-hybridized carbons (Fsp3) is 0.211. The maximum absolute atomic E-state index is 13.3. The molecule has 1 aliphatic heterocycles. The molecule has 4 rings (SSSR count). The first kappa shape index (κ1) is 20.0. The third kappa shape index (κ3) is 4.30. The quantitative estimate of drug-likeness (QED) is 0.661. The van der Waals surface area contributed by atoms with Crippen molar-refractivity contribution in [3.63, 3.8) is 0 Å². The zero-order chi connectivity index (χ0) is 21.1. The number of nitrogens with one attached hydrogen (secondary N) is 1. The largest absolute Gasteiger partial charge is 0.353 e. The maximum atomic E-state index is 13.3. The Kier molecular flexibility index (Phi) is 5.44. The lowest BCUT2D eigenvalue weighted by Crippen LogP contribution is -2.47. The van der Waals surface area contributed by atoms with Crippen molar-refractivity contribution in [2.45, 2.75) is 4.90 Å². The zero-order valence-electron chi connectivity index (χ0n) is 15.7. The van der Waals surface area contributed by atoms with Crippen molar-refractivity contribution in [1.82, 2.24) is 15.0 Å². The summed E-state index contributed by atoms with van der Waals surface area (Å²) in [5, 5.41) is 0. The van der Waals surface area contributed by atoms with Crippen LogP contribution in [-0.4, -0.2) is 49.5 Å². The van der Waals surface area contributed by atoms with Crippen LogP contribution < -0.4 is 14.5 Å². The van der Waals surface area contributed by atoms with E-state index in [-0.39, 0.29) is 10.6 Å². The number of hydrogen-bond acceptors (Lipinski definition) is 7. The maximum Gasteiger partial charge on any atom is 0.263 e. The molecule has 1 fully saturated rings. The van der Waals surface area contributed by atoms with Gasteiger partial charge in [0.15, 0.2) is 11.6 Å². The normalized spacial score (nSPS) is 14.6.